The Morgan fingerprint density at radius 3 is 2.65 bits per heavy atom. The van der Waals surface area contributed by atoms with Gasteiger partial charge in [0.1, 0.15) is 18.3 Å². The Balaban J connectivity index is 2.46. The van der Waals surface area contributed by atoms with E-state index in [0.717, 1.165) is 16.3 Å². The first kappa shape index (κ1) is 14.9. The van der Waals surface area contributed by atoms with Crippen LogP contribution in [0.15, 0.2) is 21.3 Å². The van der Waals surface area contributed by atoms with Crippen LogP contribution in [0.3, 0.4) is 0 Å². The third-order valence-electron chi connectivity index (χ3n) is 3.03. The number of aliphatic hydroxyl groups is 3. The number of aromatic amines is 1. The lowest BCUT2D eigenvalue weighted by atomic mass is 10.1. The van der Waals surface area contributed by atoms with Gasteiger partial charge in [-0.1, -0.05) is 11.6 Å². The minimum Gasteiger partial charge on any atom is -0.394 e. The van der Waals surface area contributed by atoms with Crippen LogP contribution < -0.4 is 11.2 Å². The monoisotopic (exact) mass is 304 g/mol. The first-order chi connectivity index (χ1) is 9.49. The molecule has 0 radical (unpaired) electrons. The number of aromatic nitrogens is 2. The molecule has 110 valence electrons. The normalized spacial score (nSPS) is 30.2. The molecule has 0 aromatic carbocycles. The van der Waals surface area contributed by atoms with Crippen molar-refractivity contribution in [1.82, 2.24) is 9.55 Å². The number of nitrogens with zero attached hydrogens (tertiary/aromatic N) is 1. The van der Waals surface area contributed by atoms with Crippen molar-refractivity contribution in [1.29, 1.82) is 0 Å². The zero-order valence-corrected chi connectivity index (χ0v) is 10.9. The average Bonchev–Trinajstić information content (AvgIpc) is 2.70. The maximum absolute atomic E-state index is 11.7. The largest absolute Gasteiger partial charge is 0.394 e. The summed E-state index contributed by atoms with van der Waals surface area (Å²) in [6.45, 7) is -0.513. The molecule has 1 aromatic rings. The van der Waals surface area contributed by atoms with Crippen molar-refractivity contribution < 1.29 is 20.1 Å². The van der Waals surface area contributed by atoms with Gasteiger partial charge in [0.25, 0.3) is 5.56 Å². The molecule has 1 fully saturated rings. The van der Waals surface area contributed by atoms with Crippen LogP contribution in [0, 0.1) is 0 Å². The van der Waals surface area contributed by atoms with E-state index in [-0.39, 0.29) is 5.56 Å². The first-order valence-corrected chi connectivity index (χ1v) is 6.18. The molecule has 0 amide bonds. The highest BCUT2D eigenvalue weighted by molar-refractivity contribution is 6.27. The number of ether oxygens (including phenoxy) is 1. The van der Waals surface area contributed by atoms with Crippen LogP contribution in [0.4, 0.5) is 0 Å². The molecule has 0 spiro atoms. The molecule has 9 heteroatoms. The SMILES string of the molecule is O=c1[nH]c(=O)n([C@@H]2O[C@H](CO)[C@@H](O)[C@H]2O)cc1/C=C/Cl. The highest BCUT2D eigenvalue weighted by Gasteiger charge is 2.43. The quantitative estimate of drug-likeness (QED) is 0.531. The number of hydrogen-bond acceptors (Lipinski definition) is 6. The van der Waals surface area contributed by atoms with Crippen molar-refractivity contribution in [2.45, 2.75) is 24.5 Å². The number of hydrogen-bond donors (Lipinski definition) is 4. The van der Waals surface area contributed by atoms with Gasteiger partial charge in [-0.15, -0.1) is 0 Å². The lowest BCUT2D eigenvalue weighted by Gasteiger charge is -2.17. The molecule has 1 saturated heterocycles. The molecule has 0 bridgehead atoms. The van der Waals surface area contributed by atoms with Gasteiger partial charge in [0.15, 0.2) is 6.23 Å². The molecule has 1 aromatic heterocycles. The standard InChI is InChI=1S/C11H13ClN2O6/c12-2-1-5-3-14(11(19)13-9(5)18)10-8(17)7(16)6(4-15)20-10/h1-3,6-8,10,15-17H,4H2,(H,13,18,19)/b2-1+/t6-,7-,8-,10-/m1/s1. The summed E-state index contributed by atoms with van der Waals surface area (Å²) in [7, 11) is 0. The van der Waals surface area contributed by atoms with Crippen molar-refractivity contribution in [2.24, 2.45) is 0 Å². The molecule has 0 aliphatic carbocycles. The molecule has 1 aliphatic rings. The molecule has 0 unspecified atom stereocenters. The van der Waals surface area contributed by atoms with Gasteiger partial charge in [-0.3, -0.25) is 14.3 Å². The summed E-state index contributed by atoms with van der Waals surface area (Å²) in [5, 5.41) is 28.5. The minimum absolute atomic E-state index is 0.0809. The summed E-state index contributed by atoms with van der Waals surface area (Å²) in [6.07, 6.45) is -2.56. The molecule has 4 atom stereocenters. The molecule has 1 aliphatic heterocycles. The first-order valence-electron chi connectivity index (χ1n) is 5.74. The zero-order chi connectivity index (χ0) is 14.9. The number of nitrogens with one attached hydrogen (secondary N) is 1. The topological polar surface area (TPSA) is 125 Å². The van der Waals surface area contributed by atoms with Gasteiger partial charge in [-0.2, -0.15) is 0 Å². The van der Waals surface area contributed by atoms with E-state index in [9.17, 15) is 19.8 Å². The van der Waals surface area contributed by atoms with Gasteiger partial charge >= 0.3 is 5.69 Å². The van der Waals surface area contributed by atoms with E-state index >= 15 is 0 Å². The van der Waals surface area contributed by atoms with E-state index in [1.165, 1.54) is 6.08 Å². The maximum atomic E-state index is 11.7. The Labute approximate surface area is 117 Å². The van der Waals surface area contributed by atoms with E-state index in [1.54, 1.807) is 0 Å². The Morgan fingerprint density at radius 2 is 2.10 bits per heavy atom. The average molecular weight is 305 g/mol. The van der Waals surface area contributed by atoms with Crippen molar-refractivity contribution in [2.75, 3.05) is 6.61 Å². The second kappa shape index (κ2) is 5.90. The Hall–Kier alpha value is -1.45. The van der Waals surface area contributed by atoms with Crippen LogP contribution in [0.5, 0.6) is 0 Å². The highest BCUT2D eigenvalue weighted by Crippen LogP contribution is 2.27. The molecule has 8 nitrogen and oxygen atoms in total. The predicted octanol–water partition coefficient (Wildman–Crippen LogP) is -1.64. The Kier molecular flexibility index (Phi) is 4.41. The summed E-state index contributed by atoms with van der Waals surface area (Å²) >= 11 is 5.38. The van der Waals surface area contributed by atoms with Gasteiger partial charge in [0, 0.05) is 11.7 Å². The van der Waals surface area contributed by atoms with Crippen LogP contribution in [0.1, 0.15) is 11.8 Å². The Morgan fingerprint density at radius 1 is 1.40 bits per heavy atom. The maximum Gasteiger partial charge on any atom is 0.330 e. The molecular weight excluding hydrogens is 292 g/mol. The molecule has 2 rings (SSSR count). The van der Waals surface area contributed by atoms with Crippen LogP contribution >= 0.6 is 11.6 Å². The summed E-state index contributed by atoms with van der Waals surface area (Å²) in [6, 6.07) is 0. The second-order valence-corrected chi connectivity index (χ2v) is 4.52. The fourth-order valence-electron chi connectivity index (χ4n) is 1.99. The van der Waals surface area contributed by atoms with E-state index in [2.05, 4.69) is 0 Å². The van der Waals surface area contributed by atoms with Crippen molar-refractivity contribution in [3.63, 3.8) is 0 Å². The van der Waals surface area contributed by atoms with Crippen LogP contribution in [-0.2, 0) is 4.74 Å². The molecule has 0 saturated carbocycles. The number of halogens is 1. The van der Waals surface area contributed by atoms with E-state index in [1.807, 2.05) is 4.98 Å². The summed E-state index contributed by atoms with van der Waals surface area (Å²) in [5.74, 6) is 0. The molecule has 20 heavy (non-hydrogen) atoms. The summed E-state index contributed by atoms with van der Waals surface area (Å²) < 4.78 is 6.14. The van der Waals surface area contributed by atoms with E-state index in [0.29, 0.717) is 0 Å². The van der Waals surface area contributed by atoms with Crippen molar-refractivity contribution >= 4 is 17.7 Å². The van der Waals surface area contributed by atoms with Gasteiger partial charge in [-0.05, 0) is 6.08 Å². The lowest BCUT2D eigenvalue weighted by Crippen LogP contribution is -2.38. The second-order valence-electron chi connectivity index (χ2n) is 4.27. The summed E-state index contributed by atoms with van der Waals surface area (Å²) in [4.78, 5) is 25.3. The van der Waals surface area contributed by atoms with Gasteiger partial charge < -0.3 is 20.1 Å². The molecule has 2 heterocycles. The van der Waals surface area contributed by atoms with E-state index < -0.39 is 42.4 Å². The van der Waals surface area contributed by atoms with Crippen LogP contribution in [0.2, 0.25) is 0 Å². The van der Waals surface area contributed by atoms with Crippen molar-refractivity contribution in [3.05, 3.63) is 38.1 Å². The molecule has 4 N–H and O–H groups in total. The van der Waals surface area contributed by atoms with Gasteiger partial charge in [0.2, 0.25) is 0 Å². The third-order valence-corrected chi connectivity index (χ3v) is 3.16. The fourth-order valence-corrected chi connectivity index (χ4v) is 2.12. The highest BCUT2D eigenvalue weighted by atomic mass is 35.5. The smallest absolute Gasteiger partial charge is 0.330 e. The predicted molar refractivity (Wildman–Crippen MR) is 69.2 cm³/mol. The Bertz CT molecular complexity index is 624. The van der Waals surface area contributed by atoms with Crippen LogP contribution in [-0.4, -0.2) is 49.8 Å². The van der Waals surface area contributed by atoms with Gasteiger partial charge in [0.05, 0.1) is 12.2 Å². The lowest BCUT2D eigenvalue weighted by molar-refractivity contribution is -0.0550. The summed E-state index contributed by atoms with van der Waals surface area (Å²) in [5.41, 5.74) is -0.278. The zero-order valence-electron chi connectivity index (χ0n) is 10.1. The van der Waals surface area contributed by atoms with Gasteiger partial charge in [-0.25, -0.2) is 4.79 Å². The minimum atomic E-state index is -1.41. The number of rotatable bonds is 3. The van der Waals surface area contributed by atoms with E-state index in [4.69, 9.17) is 21.4 Å². The fraction of sp³-hybridized carbons (Fsp3) is 0.455. The molecular formula is C11H13ClN2O6. The van der Waals surface area contributed by atoms with Crippen LogP contribution in [0.25, 0.3) is 6.08 Å². The number of H-pyrrole nitrogens is 1. The van der Waals surface area contributed by atoms with Crippen molar-refractivity contribution in [3.8, 4) is 0 Å². The number of aliphatic hydroxyl groups excluding tert-OH is 3. The third kappa shape index (κ3) is 2.56.